The number of nitro benzene ring substituents is 1. The molecule has 0 aliphatic rings. The number of carboxylic acids is 1. The number of rotatable bonds is 6. The Labute approximate surface area is 109 Å². The first kappa shape index (κ1) is 14.6. The van der Waals surface area contributed by atoms with E-state index in [9.17, 15) is 19.7 Å². The number of non-ortho nitro benzene ring substituents is 1. The molecule has 1 rings (SSSR count). The lowest BCUT2D eigenvalue weighted by Gasteiger charge is -2.19. The molecule has 102 valence electrons. The third kappa shape index (κ3) is 4.06. The Hall–Kier alpha value is -2.44. The highest BCUT2D eigenvalue weighted by Crippen LogP contribution is 2.15. The Balaban J connectivity index is 2.87. The Bertz CT molecular complexity index is 501. The fraction of sp³-hybridized carbons (Fsp3) is 0.333. The third-order valence-corrected chi connectivity index (χ3v) is 2.57. The van der Waals surface area contributed by atoms with Gasteiger partial charge in [-0.3, -0.25) is 19.7 Å². The maximum atomic E-state index is 12.1. The van der Waals surface area contributed by atoms with Crippen LogP contribution in [0.25, 0.3) is 0 Å². The van der Waals surface area contributed by atoms with Crippen molar-refractivity contribution in [2.24, 2.45) is 0 Å². The minimum absolute atomic E-state index is 0.0767. The summed E-state index contributed by atoms with van der Waals surface area (Å²) in [6.07, 6.45) is -0.158. The zero-order chi connectivity index (χ0) is 14.4. The molecule has 0 saturated heterocycles. The molecule has 1 amide bonds. The van der Waals surface area contributed by atoms with Gasteiger partial charge in [0.15, 0.2) is 0 Å². The Morgan fingerprint density at radius 1 is 1.42 bits per heavy atom. The van der Waals surface area contributed by atoms with Gasteiger partial charge in [-0.05, 0) is 13.0 Å². The van der Waals surface area contributed by atoms with E-state index in [2.05, 4.69) is 0 Å². The van der Waals surface area contributed by atoms with Gasteiger partial charge in [-0.1, -0.05) is 6.07 Å². The molecular weight excluding hydrogens is 252 g/mol. The molecule has 1 aromatic rings. The zero-order valence-corrected chi connectivity index (χ0v) is 10.4. The van der Waals surface area contributed by atoms with Crippen LogP contribution in [0.2, 0.25) is 0 Å². The lowest BCUT2D eigenvalue weighted by Crippen LogP contribution is -2.32. The Morgan fingerprint density at radius 3 is 2.63 bits per heavy atom. The molecule has 0 saturated carbocycles. The number of carboxylic acid groups (broad SMARTS) is 1. The normalized spacial score (nSPS) is 9.95. The molecule has 1 N–H and O–H groups in total. The topological polar surface area (TPSA) is 101 Å². The van der Waals surface area contributed by atoms with Gasteiger partial charge < -0.3 is 10.0 Å². The maximum absolute atomic E-state index is 12.1. The number of nitro groups is 1. The average molecular weight is 266 g/mol. The van der Waals surface area contributed by atoms with E-state index in [0.29, 0.717) is 6.54 Å². The van der Waals surface area contributed by atoms with Crippen molar-refractivity contribution in [3.63, 3.8) is 0 Å². The second-order valence-corrected chi connectivity index (χ2v) is 3.84. The van der Waals surface area contributed by atoms with E-state index in [-0.39, 0.29) is 24.2 Å². The molecule has 0 aromatic heterocycles. The van der Waals surface area contributed by atoms with Gasteiger partial charge in [-0.25, -0.2) is 0 Å². The van der Waals surface area contributed by atoms with Crippen LogP contribution < -0.4 is 0 Å². The molecule has 0 atom stereocenters. The minimum atomic E-state index is -0.995. The van der Waals surface area contributed by atoms with Crippen molar-refractivity contribution in [3.8, 4) is 0 Å². The summed E-state index contributed by atoms with van der Waals surface area (Å²) in [7, 11) is 0. The molecule has 0 unspecified atom stereocenters. The average Bonchev–Trinajstić information content (AvgIpc) is 2.39. The van der Waals surface area contributed by atoms with Crippen LogP contribution in [0.4, 0.5) is 5.69 Å². The number of hydrogen-bond acceptors (Lipinski definition) is 4. The fourth-order valence-electron chi connectivity index (χ4n) is 1.57. The molecule has 7 nitrogen and oxygen atoms in total. The van der Waals surface area contributed by atoms with E-state index in [0.717, 1.165) is 0 Å². The van der Waals surface area contributed by atoms with Crippen molar-refractivity contribution in [2.45, 2.75) is 13.3 Å². The van der Waals surface area contributed by atoms with Crippen molar-refractivity contribution in [1.82, 2.24) is 4.90 Å². The number of nitrogens with zero attached hydrogens (tertiary/aromatic N) is 2. The molecule has 0 fully saturated rings. The number of hydrogen-bond donors (Lipinski definition) is 1. The second kappa shape index (κ2) is 6.48. The second-order valence-electron chi connectivity index (χ2n) is 3.84. The number of aliphatic carboxylic acids is 1. The highest BCUT2D eigenvalue weighted by atomic mass is 16.6. The quantitative estimate of drug-likeness (QED) is 0.621. The molecular formula is C12H14N2O5. The van der Waals surface area contributed by atoms with E-state index in [4.69, 9.17) is 5.11 Å². The molecule has 0 spiro atoms. The van der Waals surface area contributed by atoms with Crippen molar-refractivity contribution in [3.05, 3.63) is 39.9 Å². The molecule has 0 radical (unpaired) electrons. The van der Waals surface area contributed by atoms with Crippen molar-refractivity contribution in [1.29, 1.82) is 0 Å². The van der Waals surface area contributed by atoms with Crippen molar-refractivity contribution in [2.75, 3.05) is 13.1 Å². The Kier molecular flexibility index (Phi) is 4.99. The van der Waals surface area contributed by atoms with E-state index in [1.54, 1.807) is 6.92 Å². The van der Waals surface area contributed by atoms with Crippen LogP contribution >= 0.6 is 0 Å². The molecule has 7 heteroatoms. The van der Waals surface area contributed by atoms with Gasteiger partial charge in [0.05, 0.1) is 11.3 Å². The van der Waals surface area contributed by atoms with E-state index >= 15 is 0 Å². The summed E-state index contributed by atoms with van der Waals surface area (Å²) in [6, 6.07) is 5.38. The van der Waals surface area contributed by atoms with Crippen LogP contribution in [0.5, 0.6) is 0 Å². The molecule has 1 aromatic carbocycles. The highest BCUT2D eigenvalue weighted by Gasteiger charge is 2.17. The third-order valence-electron chi connectivity index (χ3n) is 2.57. The summed E-state index contributed by atoms with van der Waals surface area (Å²) in [5, 5.41) is 19.2. The molecule has 0 aliphatic heterocycles. The van der Waals surface area contributed by atoms with Crippen LogP contribution in [0.15, 0.2) is 24.3 Å². The predicted octanol–water partition coefficient (Wildman–Crippen LogP) is 1.53. The molecule has 0 bridgehead atoms. The summed E-state index contributed by atoms with van der Waals surface area (Å²) in [5.41, 5.74) is 0.0153. The zero-order valence-electron chi connectivity index (χ0n) is 10.4. The Morgan fingerprint density at radius 2 is 2.11 bits per heavy atom. The standard InChI is InChI=1S/C12H14N2O5/c1-2-13(7-6-11(15)16)12(17)9-4-3-5-10(8-9)14(18)19/h3-5,8H,2,6-7H2,1H3,(H,15,16). The first-order valence-electron chi connectivity index (χ1n) is 5.71. The van der Waals surface area contributed by atoms with Crippen LogP contribution in [-0.2, 0) is 4.79 Å². The van der Waals surface area contributed by atoms with Crippen molar-refractivity contribution >= 4 is 17.6 Å². The summed E-state index contributed by atoms with van der Waals surface area (Å²) in [4.78, 5) is 34.0. The highest BCUT2D eigenvalue weighted by molar-refractivity contribution is 5.95. The largest absolute Gasteiger partial charge is 0.481 e. The van der Waals surface area contributed by atoms with E-state index in [1.807, 2.05) is 0 Å². The van der Waals surface area contributed by atoms with Crippen LogP contribution in [0.3, 0.4) is 0 Å². The molecule has 19 heavy (non-hydrogen) atoms. The number of benzene rings is 1. The number of amides is 1. The summed E-state index contributed by atoms with van der Waals surface area (Å²) < 4.78 is 0. The van der Waals surface area contributed by atoms with Crippen LogP contribution in [0.1, 0.15) is 23.7 Å². The van der Waals surface area contributed by atoms with Gasteiger partial charge in [-0.15, -0.1) is 0 Å². The summed E-state index contributed by atoms with van der Waals surface area (Å²) in [5.74, 6) is -1.40. The van der Waals surface area contributed by atoms with Gasteiger partial charge in [0, 0.05) is 30.8 Å². The van der Waals surface area contributed by atoms with E-state index in [1.165, 1.54) is 29.2 Å². The first-order valence-corrected chi connectivity index (χ1v) is 5.71. The summed E-state index contributed by atoms with van der Waals surface area (Å²) in [6.45, 7) is 2.14. The summed E-state index contributed by atoms with van der Waals surface area (Å²) >= 11 is 0. The monoisotopic (exact) mass is 266 g/mol. The van der Waals surface area contributed by atoms with Gasteiger partial charge >= 0.3 is 5.97 Å². The van der Waals surface area contributed by atoms with Crippen LogP contribution in [0, 0.1) is 10.1 Å². The van der Waals surface area contributed by atoms with Gasteiger partial charge in [0.2, 0.25) is 0 Å². The number of carbonyl (C=O) groups is 2. The van der Waals surface area contributed by atoms with Crippen molar-refractivity contribution < 1.29 is 19.6 Å². The lowest BCUT2D eigenvalue weighted by molar-refractivity contribution is -0.384. The SMILES string of the molecule is CCN(CCC(=O)O)C(=O)c1cccc([N+](=O)[O-])c1. The van der Waals surface area contributed by atoms with E-state index < -0.39 is 16.8 Å². The minimum Gasteiger partial charge on any atom is -0.481 e. The van der Waals surface area contributed by atoms with Crippen LogP contribution in [-0.4, -0.2) is 39.9 Å². The fourth-order valence-corrected chi connectivity index (χ4v) is 1.57. The maximum Gasteiger partial charge on any atom is 0.305 e. The van der Waals surface area contributed by atoms with Gasteiger partial charge in [-0.2, -0.15) is 0 Å². The predicted molar refractivity (Wildman–Crippen MR) is 66.9 cm³/mol. The smallest absolute Gasteiger partial charge is 0.305 e. The van der Waals surface area contributed by atoms with Gasteiger partial charge in [0.1, 0.15) is 0 Å². The molecule has 0 heterocycles. The molecule has 0 aliphatic carbocycles. The first-order chi connectivity index (χ1) is 8.95. The number of carbonyl (C=O) groups excluding carboxylic acids is 1. The van der Waals surface area contributed by atoms with Gasteiger partial charge in [0.25, 0.3) is 11.6 Å². The lowest BCUT2D eigenvalue weighted by atomic mass is 10.1.